The molecule has 1 aliphatic rings. The van der Waals surface area contributed by atoms with Gasteiger partial charge in [0.15, 0.2) is 0 Å². The van der Waals surface area contributed by atoms with Crippen LogP contribution in [0.15, 0.2) is 48.7 Å². The minimum Gasteiger partial charge on any atom is -0.494 e. The van der Waals surface area contributed by atoms with E-state index in [1.54, 1.807) is 0 Å². The molecule has 2 aromatic carbocycles. The van der Waals surface area contributed by atoms with Crippen LogP contribution in [0.3, 0.4) is 0 Å². The van der Waals surface area contributed by atoms with Gasteiger partial charge in [0.2, 0.25) is 0 Å². The molecule has 1 atom stereocenters. The Balaban J connectivity index is 1.75. The third kappa shape index (κ3) is 2.66. The van der Waals surface area contributed by atoms with Crippen LogP contribution in [-0.4, -0.2) is 23.1 Å². The molecule has 23 heavy (non-hydrogen) atoms. The van der Waals surface area contributed by atoms with Crippen molar-refractivity contribution >= 4 is 11.0 Å². The Kier molecular flexibility index (Phi) is 3.67. The number of benzene rings is 2. The molecule has 4 nitrogen and oxygen atoms in total. The van der Waals surface area contributed by atoms with Gasteiger partial charge < -0.3 is 10.1 Å². The van der Waals surface area contributed by atoms with Crippen LogP contribution >= 0.6 is 0 Å². The van der Waals surface area contributed by atoms with Gasteiger partial charge in [-0.1, -0.05) is 18.2 Å². The normalized spacial score (nSPS) is 17.0. The lowest BCUT2D eigenvalue weighted by Gasteiger charge is -2.27. The Morgan fingerprint density at radius 2 is 2.04 bits per heavy atom. The molecule has 0 saturated carbocycles. The molecule has 3 aromatic rings. The van der Waals surface area contributed by atoms with E-state index in [1.165, 1.54) is 11.1 Å². The SMILES string of the molecule is CCOc1ccc2c(c1)CCNC2c1cnc2ccccc2n1. The first-order chi connectivity index (χ1) is 11.3. The number of aromatic nitrogens is 2. The van der Waals surface area contributed by atoms with Gasteiger partial charge in [0.1, 0.15) is 5.75 Å². The molecule has 0 amide bonds. The number of hydrogen-bond donors (Lipinski definition) is 1. The minimum absolute atomic E-state index is 0.0894. The molecule has 0 bridgehead atoms. The van der Waals surface area contributed by atoms with Crippen molar-refractivity contribution in [2.75, 3.05) is 13.2 Å². The van der Waals surface area contributed by atoms with Crippen LogP contribution in [0.5, 0.6) is 5.75 Å². The molecule has 0 fully saturated rings. The van der Waals surface area contributed by atoms with E-state index in [-0.39, 0.29) is 6.04 Å². The first-order valence-electron chi connectivity index (χ1n) is 8.06. The van der Waals surface area contributed by atoms with Gasteiger partial charge >= 0.3 is 0 Å². The van der Waals surface area contributed by atoms with E-state index in [0.717, 1.165) is 35.4 Å². The average Bonchev–Trinajstić information content (AvgIpc) is 2.61. The van der Waals surface area contributed by atoms with Gasteiger partial charge in [-0.25, -0.2) is 4.98 Å². The molecule has 4 rings (SSSR count). The van der Waals surface area contributed by atoms with Crippen molar-refractivity contribution in [2.24, 2.45) is 0 Å². The maximum absolute atomic E-state index is 5.62. The predicted molar refractivity (Wildman–Crippen MR) is 90.7 cm³/mol. The molecular weight excluding hydrogens is 286 g/mol. The maximum atomic E-state index is 5.62. The van der Waals surface area contributed by atoms with E-state index in [1.807, 2.05) is 43.5 Å². The zero-order valence-corrected chi connectivity index (χ0v) is 13.1. The molecule has 1 aromatic heterocycles. The van der Waals surface area contributed by atoms with Gasteiger partial charge in [-0.05, 0) is 48.7 Å². The van der Waals surface area contributed by atoms with Gasteiger partial charge in [-0.2, -0.15) is 0 Å². The number of nitrogens with one attached hydrogen (secondary N) is 1. The molecule has 0 spiro atoms. The monoisotopic (exact) mass is 305 g/mol. The van der Waals surface area contributed by atoms with E-state index < -0.39 is 0 Å². The summed E-state index contributed by atoms with van der Waals surface area (Å²) in [5.74, 6) is 0.941. The Bertz CT molecular complexity index is 847. The van der Waals surface area contributed by atoms with Crippen LogP contribution in [0, 0.1) is 0 Å². The molecular formula is C19H19N3O. The second-order valence-electron chi connectivity index (χ2n) is 5.71. The lowest BCUT2D eigenvalue weighted by molar-refractivity contribution is 0.339. The molecule has 1 unspecified atom stereocenters. The molecule has 0 aliphatic carbocycles. The number of para-hydroxylation sites is 2. The van der Waals surface area contributed by atoms with Crippen molar-refractivity contribution in [3.8, 4) is 5.75 Å². The smallest absolute Gasteiger partial charge is 0.119 e. The Labute approximate surface area is 135 Å². The lowest BCUT2D eigenvalue weighted by atomic mass is 9.92. The summed E-state index contributed by atoms with van der Waals surface area (Å²) >= 11 is 0. The zero-order chi connectivity index (χ0) is 15.6. The van der Waals surface area contributed by atoms with Crippen LogP contribution in [0.25, 0.3) is 11.0 Å². The summed E-state index contributed by atoms with van der Waals surface area (Å²) in [6, 6.07) is 14.4. The standard InChI is InChI=1S/C19H19N3O/c1-2-23-14-7-8-15-13(11-14)9-10-20-19(15)18-12-21-16-5-3-4-6-17(16)22-18/h3-8,11-12,19-20H,2,9-10H2,1H3. The summed E-state index contributed by atoms with van der Waals surface area (Å²) in [5.41, 5.74) is 5.43. The van der Waals surface area contributed by atoms with Crippen LogP contribution in [0.4, 0.5) is 0 Å². The van der Waals surface area contributed by atoms with Gasteiger partial charge in [0.05, 0.1) is 35.6 Å². The third-order valence-electron chi connectivity index (χ3n) is 4.24. The summed E-state index contributed by atoms with van der Waals surface area (Å²) < 4.78 is 5.62. The van der Waals surface area contributed by atoms with E-state index in [4.69, 9.17) is 9.72 Å². The van der Waals surface area contributed by atoms with Crippen LogP contribution in [0.1, 0.15) is 29.8 Å². The summed E-state index contributed by atoms with van der Waals surface area (Å²) in [6.45, 7) is 3.63. The van der Waals surface area contributed by atoms with E-state index in [2.05, 4.69) is 22.4 Å². The number of rotatable bonds is 3. The van der Waals surface area contributed by atoms with E-state index >= 15 is 0 Å². The minimum atomic E-state index is 0.0894. The molecule has 0 radical (unpaired) electrons. The molecule has 4 heteroatoms. The van der Waals surface area contributed by atoms with Gasteiger partial charge in [0.25, 0.3) is 0 Å². The summed E-state index contributed by atoms with van der Waals surface area (Å²) in [4.78, 5) is 9.35. The van der Waals surface area contributed by atoms with Crippen molar-refractivity contribution in [1.29, 1.82) is 0 Å². The highest BCUT2D eigenvalue weighted by Gasteiger charge is 2.23. The van der Waals surface area contributed by atoms with Crippen LogP contribution < -0.4 is 10.1 Å². The second kappa shape index (κ2) is 5.97. The first-order valence-corrected chi connectivity index (χ1v) is 8.06. The molecule has 0 saturated heterocycles. The van der Waals surface area contributed by atoms with Gasteiger partial charge in [0, 0.05) is 6.54 Å². The largest absolute Gasteiger partial charge is 0.494 e. The topological polar surface area (TPSA) is 47.0 Å². The number of ether oxygens (including phenoxy) is 1. The lowest BCUT2D eigenvalue weighted by Crippen LogP contribution is -2.31. The number of fused-ring (bicyclic) bond motifs is 2. The van der Waals surface area contributed by atoms with Crippen LogP contribution in [0.2, 0.25) is 0 Å². The molecule has 116 valence electrons. The van der Waals surface area contributed by atoms with Gasteiger partial charge in [-0.3, -0.25) is 4.98 Å². The molecule has 1 aliphatic heterocycles. The highest BCUT2D eigenvalue weighted by Crippen LogP contribution is 2.30. The molecule has 2 heterocycles. The fraction of sp³-hybridized carbons (Fsp3) is 0.263. The zero-order valence-electron chi connectivity index (χ0n) is 13.1. The fourth-order valence-electron chi connectivity index (χ4n) is 3.17. The van der Waals surface area contributed by atoms with Crippen molar-refractivity contribution in [1.82, 2.24) is 15.3 Å². The Morgan fingerprint density at radius 3 is 2.91 bits per heavy atom. The first kappa shape index (κ1) is 14.2. The van der Waals surface area contributed by atoms with Crippen molar-refractivity contribution in [3.05, 3.63) is 65.5 Å². The Morgan fingerprint density at radius 1 is 1.17 bits per heavy atom. The van der Waals surface area contributed by atoms with Gasteiger partial charge in [-0.15, -0.1) is 0 Å². The maximum Gasteiger partial charge on any atom is 0.119 e. The summed E-state index contributed by atoms with van der Waals surface area (Å²) in [6.07, 6.45) is 2.89. The van der Waals surface area contributed by atoms with Crippen LogP contribution in [-0.2, 0) is 6.42 Å². The number of nitrogens with zero attached hydrogens (tertiary/aromatic N) is 2. The number of hydrogen-bond acceptors (Lipinski definition) is 4. The average molecular weight is 305 g/mol. The molecule has 1 N–H and O–H groups in total. The van der Waals surface area contributed by atoms with Crippen molar-refractivity contribution in [2.45, 2.75) is 19.4 Å². The van der Waals surface area contributed by atoms with E-state index in [0.29, 0.717) is 6.61 Å². The quantitative estimate of drug-likeness (QED) is 0.807. The highest BCUT2D eigenvalue weighted by molar-refractivity contribution is 5.73. The Hall–Kier alpha value is -2.46. The van der Waals surface area contributed by atoms with E-state index in [9.17, 15) is 0 Å². The predicted octanol–water partition coefficient (Wildman–Crippen LogP) is 3.26. The highest BCUT2D eigenvalue weighted by atomic mass is 16.5. The fourth-order valence-corrected chi connectivity index (χ4v) is 3.17. The third-order valence-corrected chi connectivity index (χ3v) is 4.24. The van der Waals surface area contributed by atoms with Crippen molar-refractivity contribution < 1.29 is 4.74 Å². The summed E-state index contributed by atoms with van der Waals surface area (Å²) in [7, 11) is 0. The summed E-state index contributed by atoms with van der Waals surface area (Å²) in [5, 5.41) is 3.56. The van der Waals surface area contributed by atoms with Crippen molar-refractivity contribution in [3.63, 3.8) is 0 Å². The second-order valence-corrected chi connectivity index (χ2v) is 5.71.